The van der Waals surface area contributed by atoms with Gasteiger partial charge in [0.15, 0.2) is 5.69 Å². The van der Waals surface area contributed by atoms with Crippen molar-refractivity contribution in [3.8, 4) is 0 Å². The number of carbonyl (C=O) groups is 1. The molecule has 2 heterocycles. The van der Waals surface area contributed by atoms with E-state index in [1.807, 2.05) is 0 Å². The molecule has 1 aliphatic heterocycles. The molecule has 5 nitrogen and oxygen atoms in total. The van der Waals surface area contributed by atoms with Crippen molar-refractivity contribution in [2.45, 2.75) is 37.7 Å². The van der Waals surface area contributed by atoms with Crippen molar-refractivity contribution in [1.82, 2.24) is 10.5 Å². The van der Waals surface area contributed by atoms with E-state index in [-0.39, 0.29) is 12.0 Å². The van der Waals surface area contributed by atoms with Gasteiger partial charge in [-0.1, -0.05) is 5.16 Å². The molecule has 3 rings (SSSR count). The predicted molar refractivity (Wildman–Crippen MR) is 59.8 cm³/mol. The number of ether oxygens (including phenoxy) is 1. The third-order valence-corrected chi connectivity index (χ3v) is 3.26. The molecule has 2 aliphatic rings. The maximum absolute atomic E-state index is 11.8. The van der Waals surface area contributed by atoms with Crippen LogP contribution in [0.3, 0.4) is 0 Å². The maximum Gasteiger partial charge on any atom is 0.273 e. The molecule has 1 saturated carbocycles. The minimum absolute atomic E-state index is 0.161. The fourth-order valence-electron chi connectivity index (χ4n) is 2.06. The second-order valence-corrected chi connectivity index (χ2v) is 4.73. The van der Waals surface area contributed by atoms with Crippen molar-refractivity contribution in [1.29, 1.82) is 0 Å². The Kier molecular flexibility index (Phi) is 2.84. The molecule has 2 fully saturated rings. The smallest absolute Gasteiger partial charge is 0.273 e. The first kappa shape index (κ1) is 10.8. The summed E-state index contributed by atoms with van der Waals surface area (Å²) in [5.41, 5.74) is 0.380. The van der Waals surface area contributed by atoms with Gasteiger partial charge in [-0.05, 0) is 25.7 Å². The topological polar surface area (TPSA) is 64.4 Å². The third-order valence-electron chi connectivity index (χ3n) is 3.26. The van der Waals surface area contributed by atoms with E-state index in [2.05, 4.69) is 10.5 Å². The van der Waals surface area contributed by atoms with Gasteiger partial charge in [-0.15, -0.1) is 0 Å². The van der Waals surface area contributed by atoms with Gasteiger partial charge in [0, 0.05) is 25.1 Å². The molecule has 1 aromatic rings. The first-order valence-corrected chi connectivity index (χ1v) is 6.19. The molecule has 1 atom stereocenters. The van der Waals surface area contributed by atoms with Crippen molar-refractivity contribution >= 4 is 5.91 Å². The summed E-state index contributed by atoms with van der Waals surface area (Å²) in [6, 6.07) is 1.75. The average molecular weight is 236 g/mol. The van der Waals surface area contributed by atoms with Crippen molar-refractivity contribution < 1.29 is 14.1 Å². The summed E-state index contributed by atoms with van der Waals surface area (Å²) in [4.78, 5) is 11.8. The normalized spacial score (nSPS) is 23.9. The summed E-state index contributed by atoms with van der Waals surface area (Å²) in [7, 11) is 0. The second-order valence-electron chi connectivity index (χ2n) is 4.73. The lowest BCUT2D eigenvalue weighted by atomic mass is 10.2. The molecule has 0 spiro atoms. The van der Waals surface area contributed by atoms with Gasteiger partial charge in [-0.3, -0.25) is 4.79 Å². The van der Waals surface area contributed by atoms with Crippen LogP contribution in [0.5, 0.6) is 0 Å². The molecule has 0 aromatic carbocycles. The zero-order valence-electron chi connectivity index (χ0n) is 9.65. The number of amides is 1. The van der Waals surface area contributed by atoms with Crippen LogP contribution in [0, 0.1) is 0 Å². The van der Waals surface area contributed by atoms with Gasteiger partial charge in [0.2, 0.25) is 0 Å². The van der Waals surface area contributed by atoms with Gasteiger partial charge < -0.3 is 14.6 Å². The van der Waals surface area contributed by atoms with Crippen molar-refractivity contribution in [3.63, 3.8) is 0 Å². The number of carbonyl (C=O) groups excluding carboxylic acids is 1. The average Bonchev–Trinajstić information content (AvgIpc) is 2.88. The first-order chi connectivity index (χ1) is 8.33. The van der Waals surface area contributed by atoms with Crippen LogP contribution in [0.2, 0.25) is 0 Å². The fraction of sp³-hybridized carbons (Fsp3) is 0.667. The summed E-state index contributed by atoms with van der Waals surface area (Å²) >= 11 is 0. The van der Waals surface area contributed by atoms with Crippen LogP contribution in [0.15, 0.2) is 10.6 Å². The summed E-state index contributed by atoms with van der Waals surface area (Å²) in [5, 5.41) is 6.62. The number of nitrogens with one attached hydrogen (secondary N) is 1. The molecule has 0 unspecified atom stereocenters. The van der Waals surface area contributed by atoms with E-state index in [1.165, 1.54) is 0 Å². The zero-order valence-corrected chi connectivity index (χ0v) is 9.65. The number of rotatable bonds is 4. The minimum Gasteiger partial charge on any atom is -0.376 e. The lowest BCUT2D eigenvalue weighted by Gasteiger charge is -2.09. The van der Waals surface area contributed by atoms with E-state index in [9.17, 15) is 4.79 Å². The lowest BCUT2D eigenvalue weighted by Crippen LogP contribution is -2.31. The number of nitrogens with zero attached hydrogens (tertiary/aromatic N) is 1. The summed E-state index contributed by atoms with van der Waals surface area (Å²) < 4.78 is 10.6. The molecule has 0 bridgehead atoms. The molecule has 1 N–H and O–H groups in total. The van der Waals surface area contributed by atoms with Crippen LogP contribution in [0.1, 0.15) is 47.8 Å². The highest BCUT2D eigenvalue weighted by Crippen LogP contribution is 2.40. The fourth-order valence-corrected chi connectivity index (χ4v) is 2.06. The maximum atomic E-state index is 11.8. The van der Waals surface area contributed by atoms with Gasteiger partial charge in [0.1, 0.15) is 5.76 Å². The molecular weight excluding hydrogens is 220 g/mol. The Morgan fingerprint density at radius 1 is 1.47 bits per heavy atom. The molecule has 5 heteroatoms. The van der Waals surface area contributed by atoms with E-state index >= 15 is 0 Å². The Morgan fingerprint density at radius 3 is 3.06 bits per heavy atom. The highest BCUT2D eigenvalue weighted by Gasteiger charge is 2.29. The molecule has 1 aliphatic carbocycles. The summed E-state index contributed by atoms with van der Waals surface area (Å²) in [6.07, 6.45) is 4.55. The van der Waals surface area contributed by atoms with Crippen LogP contribution in [0.4, 0.5) is 0 Å². The number of hydrogen-bond donors (Lipinski definition) is 1. The highest BCUT2D eigenvalue weighted by atomic mass is 16.5. The van der Waals surface area contributed by atoms with Crippen LogP contribution >= 0.6 is 0 Å². The Morgan fingerprint density at radius 2 is 2.35 bits per heavy atom. The largest absolute Gasteiger partial charge is 0.376 e. The molecular formula is C12H16N2O3. The molecule has 0 radical (unpaired) electrons. The van der Waals surface area contributed by atoms with E-state index in [0.29, 0.717) is 18.2 Å². The minimum atomic E-state index is -0.170. The van der Waals surface area contributed by atoms with Gasteiger partial charge in [0.05, 0.1) is 6.10 Å². The molecule has 1 saturated heterocycles. The van der Waals surface area contributed by atoms with Crippen molar-refractivity contribution in [3.05, 3.63) is 17.5 Å². The molecule has 17 heavy (non-hydrogen) atoms. The number of aromatic nitrogens is 1. The summed E-state index contributed by atoms with van der Waals surface area (Å²) in [5.74, 6) is 1.16. The summed E-state index contributed by atoms with van der Waals surface area (Å²) in [6.45, 7) is 1.36. The van der Waals surface area contributed by atoms with E-state index in [0.717, 1.165) is 38.1 Å². The predicted octanol–water partition coefficient (Wildman–Crippen LogP) is 1.46. The standard InChI is InChI=1S/C12H16N2O3/c15-12(13-7-9-2-1-5-16-9)10-6-11(17-14-10)8-3-4-8/h6,8-9H,1-5,7H2,(H,13,15)/t9-/m0/s1. The Bertz CT molecular complexity index is 406. The van der Waals surface area contributed by atoms with Gasteiger partial charge in [-0.2, -0.15) is 0 Å². The lowest BCUT2D eigenvalue weighted by molar-refractivity contribution is 0.0850. The van der Waals surface area contributed by atoms with Gasteiger partial charge >= 0.3 is 0 Å². The first-order valence-electron chi connectivity index (χ1n) is 6.19. The molecule has 1 amide bonds. The van der Waals surface area contributed by atoms with Crippen molar-refractivity contribution in [2.24, 2.45) is 0 Å². The SMILES string of the molecule is O=C(NC[C@@H]1CCCO1)c1cc(C2CC2)on1. The third kappa shape index (κ3) is 2.49. The number of hydrogen-bond acceptors (Lipinski definition) is 4. The highest BCUT2D eigenvalue weighted by molar-refractivity contribution is 5.92. The van der Waals surface area contributed by atoms with Crippen molar-refractivity contribution in [2.75, 3.05) is 13.2 Å². The van der Waals surface area contributed by atoms with E-state index in [1.54, 1.807) is 6.07 Å². The van der Waals surface area contributed by atoms with Gasteiger partial charge in [-0.25, -0.2) is 0 Å². The van der Waals surface area contributed by atoms with E-state index < -0.39 is 0 Å². The van der Waals surface area contributed by atoms with Crippen LogP contribution < -0.4 is 5.32 Å². The quantitative estimate of drug-likeness (QED) is 0.859. The Labute approximate surface area is 99.5 Å². The van der Waals surface area contributed by atoms with Crippen LogP contribution in [-0.2, 0) is 4.74 Å². The monoisotopic (exact) mass is 236 g/mol. The van der Waals surface area contributed by atoms with Gasteiger partial charge in [0.25, 0.3) is 5.91 Å². The molecule has 92 valence electrons. The van der Waals surface area contributed by atoms with E-state index in [4.69, 9.17) is 9.26 Å². The zero-order chi connectivity index (χ0) is 11.7. The van der Waals surface area contributed by atoms with Crippen LogP contribution in [-0.4, -0.2) is 30.3 Å². The Balaban J connectivity index is 1.53. The van der Waals surface area contributed by atoms with Crippen LogP contribution in [0.25, 0.3) is 0 Å². The Hall–Kier alpha value is -1.36. The molecule has 1 aromatic heterocycles. The second kappa shape index (κ2) is 4.49.